The van der Waals surface area contributed by atoms with Crippen LogP contribution in [0.25, 0.3) is 0 Å². The lowest BCUT2D eigenvalue weighted by atomic mass is 10.1. The second-order valence-electron chi connectivity index (χ2n) is 3.12. The maximum atomic E-state index is 10.9. The summed E-state index contributed by atoms with van der Waals surface area (Å²) in [5.41, 5.74) is 0.806. The molecule has 0 aliphatic rings. The smallest absolute Gasteiger partial charge is 0.325 e. The van der Waals surface area contributed by atoms with Gasteiger partial charge < -0.3 is 5.11 Å². The van der Waals surface area contributed by atoms with Gasteiger partial charge in [-0.3, -0.25) is 9.69 Å². The van der Waals surface area contributed by atoms with Crippen LogP contribution < -0.4 is 0 Å². The molecule has 0 radical (unpaired) electrons. The first-order valence-corrected chi connectivity index (χ1v) is 4.07. The molecular formula is C10H13NO2. The molecule has 3 nitrogen and oxygen atoms in total. The molecule has 1 N–H and O–H groups in total. The number of carboxylic acids is 1. The Morgan fingerprint density at radius 2 is 1.85 bits per heavy atom. The number of carboxylic acid groups (broad SMARTS) is 1. The summed E-state index contributed by atoms with van der Waals surface area (Å²) in [7, 11) is 3.51. The molecule has 1 rings (SSSR count). The zero-order valence-electron chi connectivity index (χ0n) is 7.77. The maximum Gasteiger partial charge on any atom is 0.325 e. The monoisotopic (exact) mass is 179 g/mol. The van der Waals surface area contributed by atoms with Crippen LogP contribution in [0.3, 0.4) is 0 Å². The van der Waals surface area contributed by atoms with Crippen molar-refractivity contribution in [1.82, 2.24) is 4.90 Å². The van der Waals surface area contributed by atoms with Gasteiger partial charge in [0.15, 0.2) is 0 Å². The molecule has 0 aliphatic heterocycles. The van der Waals surface area contributed by atoms with Gasteiger partial charge in [0, 0.05) is 0 Å². The molecule has 1 unspecified atom stereocenters. The Morgan fingerprint density at radius 3 is 2.23 bits per heavy atom. The Kier molecular flexibility index (Phi) is 3.03. The number of nitrogens with zero attached hydrogens (tertiary/aromatic N) is 1. The first kappa shape index (κ1) is 9.74. The zero-order chi connectivity index (χ0) is 9.84. The van der Waals surface area contributed by atoms with Crippen LogP contribution in [0.1, 0.15) is 11.6 Å². The van der Waals surface area contributed by atoms with E-state index in [4.69, 9.17) is 5.11 Å². The third-order valence-corrected chi connectivity index (χ3v) is 1.87. The van der Waals surface area contributed by atoms with E-state index < -0.39 is 12.0 Å². The van der Waals surface area contributed by atoms with Crippen LogP contribution in [0.2, 0.25) is 0 Å². The van der Waals surface area contributed by atoms with Gasteiger partial charge in [0.05, 0.1) is 0 Å². The molecule has 0 heterocycles. The second-order valence-corrected chi connectivity index (χ2v) is 3.12. The van der Waals surface area contributed by atoms with Gasteiger partial charge in [-0.05, 0) is 19.7 Å². The summed E-state index contributed by atoms with van der Waals surface area (Å²) in [6, 6.07) is 8.64. The molecule has 3 heteroatoms. The number of likely N-dealkylation sites (N-methyl/N-ethyl adjacent to an activating group) is 1. The van der Waals surface area contributed by atoms with Crippen molar-refractivity contribution < 1.29 is 9.90 Å². The van der Waals surface area contributed by atoms with Crippen LogP contribution in [0.4, 0.5) is 0 Å². The van der Waals surface area contributed by atoms with Crippen LogP contribution in [-0.4, -0.2) is 30.1 Å². The van der Waals surface area contributed by atoms with Gasteiger partial charge in [-0.1, -0.05) is 30.3 Å². The van der Waals surface area contributed by atoms with Crippen molar-refractivity contribution >= 4 is 5.97 Å². The minimum Gasteiger partial charge on any atom is -0.480 e. The molecule has 0 aromatic heterocycles. The third-order valence-electron chi connectivity index (χ3n) is 1.87. The molecule has 70 valence electrons. The maximum absolute atomic E-state index is 10.9. The normalized spacial score (nSPS) is 12.8. The van der Waals surface area contributed by atoms with E-state index in [0.29, 0.717) is 0 Å². The summed E-state index contributed by atoms with van der Waals surface area (Å²) >= 11 is 0. The van der Waals surface area contributed by atoms with Gasteiger partial charge in [0.2, 0.25) is 0 Å². The van der Waals surface area contributed by atoms with Crippen LogP contribution in [0.5, 0.6) is 0 Å². The van der Waals surface area contributed by atoms with E-state index in [1.54, 1.807) is 19.0 Å². The lowest BCUT2D eigenvalue weighted by molar-refractivity contribution is -0.142. The van der Waals surface area contributed by atoms with E-state index in [-0.39, 0.29) is 0 Å². The molecule has 0 saturated heterocycles. The lowest BCUT2D eigenvalue weighted by Gasteiger charge is -2.19. The molecule has 0 fully saturated rings. The molecule has 1 atom stereocenters. The summed E-state index contributed by atoms with van der Waals surface area (Å²) in [6.07, 6.45) is 0. The van der Waals surface area contributed by atoms with Crippen LogP contribution in [0.15, 0.2) is 30.3 Å². The average Bonchev–Trinajstić information content (AvgIpc) is 2.04. The van der Waals surface area contributed by atoms with E-state index in [1.165, 1.54) is 0 Å². The predicted molar refractivity (Wildman–Crippen MR) is 50.5 cm³/mol. The number of benzene rings is 1. The Balaban J connectivity index is 2.96. The van der Waals surface area contributed by atoms with Gasteiger partial charge in [-0.2, -0.15) is 0 Å². The lowest BCUT2D eigenvalue weighted by Crippen LogP contribution is -2.27. The van der Waals surface area contributed by atoms with Gasteiger partial charge in [0.25, 0.3) is 0 Å². The summed E-state index contributed by atoms with van der Waals surface area (Å²) in [6.45, 7) is 0. The van der Waals surface area contributed by atoms with Crippen molar-refractivity contribution in [1.29, 1.82) is 0 Å². The minimum atomic E-state index is -0.823. The Labute approximate surface area is 77.6 Å². The van der Waals surface area contributed by atoms with Crippen molar-refractivity contribution in [3.8, 4) is 0 Å². The topological polar surface area (TPSA) is 40.5 Å². The van der Waals surface area contributed by atoms with Crippen LogP contribution in [0, 0.1) is 0 Å². The number of aliphatic carboxylic acids is 1. The highest BCUT2D eigenvalue weighted by Crippen LogP contribution is 2.17. The van der Waals surface area contributed by atoms with Gasteiger partial charge in [0.1, 0.15) is 6.04 Å². The van der Waals surface area contributed by atoms with E-state index in [0.717, 1.165) is 5.56 Å². The zero-order valence-corrected chi connectivity index (χ0v) is 7.77. The highest BCUT2D eigenvalue weighted by Gasteiger charge is 2.21. The summed E-state index contributed by atoms with van der Waals surface area (Å²) in [5.74, 6) is -0.823. The minimum absolute atomic E-state index is 0.554. The van der Waals surface area contributed by atoms with Gasteiger partial charge in [-0.25, -0.2) is 0 Å². The Morgan fingerprint density at radius 1 is 1.31 bits per heavy atom. The van der Waals surface area contributed by atoms with Gasteiger partial charge in [-0.15, -0.1) is 0 Å². The Bertz CT molecular complexity index is 282. The first-order chi connectivity index (χ1) is 6.13. The van der Waals surface area contributed by atoms with Crippen molar-refractivity contribution in [2.45, 2.75) is 6.04 Å². The molecule has 0 bridgehead atoms. The third kappa shape index (κ3) is 2.29. The number of rotatable bonds is 3. The fraction of sp³-hybridized carbons (Fsp3) is 0.300. The molecule has 13 heavy (non-hydrogen) atoms. The van der Waals surface area contributed by atoms with Crippen molar-refractivity contribution in [2.24, 2.45) is 0 Å². The Hall–Kier alpha value is -1.35. The summed E-state index contributed by atoms with van der Waals surface area (Å²) < 4.78 is 0. The van der Waals surface area contributed by atoms with E-state index in [1.807, 2.05) is 30.3 Å². The summed E-state index contributed by atoms with van der Waals surface area (Å²) in [4.78, 5) is 12.6. The van der Waals surface area contributed by atoms with Crippen molar-refractivity contribution in [3.63, 3.8) is 0 Å². The highest BCUT2D eigenvalue weighted by molar-refractivity contribution is 5.75. The fourth-order valence-corrected chi connectivity index (χ4v) is 1.30. The van der Waals surface area contributed by atoms with E-state index in [9.17, 15) is 4.79 Å². The standard InChI is InChI=1S/C10H13NO2/c1-11(2)9(10(12)13)8-6-4-3-5-7-8/h3-7,9H,1-2H3,(H,12,13). The van der Waals surface area contributed by atoms with E-state index >= 15 is 0 Å². The predicted octanol–water partition coefficient (Wildman–Crippen LogP) is 1.37. The molecule has 0 aliphatic carbocycles. The van der Waals surface area contributed by atoms with Crippen molar-refractivity contribution in [3.05, 3.63) is 35.9 Å². The number of hydrogen-bond donors (Lipinski definition) is 1. The van der Waals surface area contributed by atoms with Crippen LogP contribution in [-0.2, 0) is 4.79 Å². The van der Waals surface area contributed by atoms with Crippen LogP contribution >= 0.6 is 0 Å². The highest BCUT2D eigenvalue weighted by atomic mass is 16.4. The quantitative estimate of drug-likeness (QED) is 0.762. The van der Waals surface area contributed by atoms with Gasteiger partial charge >= 0.3 is 5.97 Å². The first-order valence-electron chi connectivity index (χ1n) is 4.07. The average molecular weight is 179 g/mol. The molecule has 1 aromatic carbocycles. The number of carbonyl (C=O) groups is 1. The fourth-order valence-electron chi connectivity index (χ4n) is 1.30. The number of hydrogen-bond acceptors (Lipinski definition) is 2. The second kappa shape index (κ2) is 4.05. The molecule has 1 aromatic rings. The SMILES string of the molecule is CN(C)C(C(=O)O)c1ccccc1. The molecule has 0 spiro atoms. The molecule has 0 saturated carbocycles. The molecule has 0 amide bonds. The summed E-state index contributed by atoms with van der Waals surface area (Å²) in [5, 5.41) is 8.96. The van der Waals surface area contributed by atoms with E-state index in [2.05, 4.69) is 0 Å². The van der Waals surface area contributed by atoms with Crippen molar-refractivity contribution in [2.75, 3.05) is 14.1 Å². The molecular weight excluding hydrogens is 166 g/mol. The largest absolute Gasteiger partial charge is 0.480 e.